The van der Waals surface area contributed by atoms with E-state index in [1.807, 2.05) is 24.3 Å². The van der Waals surface area contributed by atoms with Gasteiger partial charge in [0.15, 0.2) is 6.10 Å². The Morgan fingerprint density at radius 2 is 1.84 bits per heavy atom. The van der Waals surface area contributed by atoms with E-state index in [-0.39, 0.29) is 11.9 Å². The lowest BCUT2D eigenvalue weighted by Gasteiger charge is -2.21. The number of esters is 1. The number of carbonyl (C=O) groups excluding carboxylic acids is 2. The molecule has 1 aliphatic carbocycles. The Labute approximate surface area is 150 Å². The highest BCUT2D eigenvalue weighted by molar-refractivity contribution is 5.83. The second-order valence-electron chi connectivity index (χ2n) is 6.74. The van der Waals surface area contributed by atoms with Crippen molar-refractivity contribution < 1.29 is 19.1 Å². The molecule has 25 heavy (non-hydrogen) atoms. The monoisotopic (exact) mass is 347 g/mol. The van der Waals surface area contributed by atoms with Gasteiger partial charge in [-0.05, 0) is 37.0 Å². The predicted octanol–water partition coefficient (Wildman–Crippen LogP) is 3.60. The van der Waals surface area contributed by atoms with Gasteiger partial charge in [-0.25, -0.2) is 0 Å². The molecule has 5 heteroatoms. The van der Waals surface area contributed by atoms with Crippen LogP contribution in [0.25, 0.3) is 0 Å². The van der Waals surface area contributed by atoms with Crippen LogP contribution in [0.4, 0.5) is 0 Å². The Hall–Kier alpha value is -2.04. The van der Waals surface area contributed by atoms with Crippen LogP contribution >= 0.6 is 0 Å². The lowest BCUT2D eigenvalue weighted by Crippen LogP contribution is -2.35. The van der Waals surface area contributed by atoms with Gasteiger partial charge >= 0.3 is 5.97 Å². The molecule has 5 nitrogen and oxygen atoms in total. The van der Waals surface area contributed by atoms with Crippen LogP contribution in [-0.4, -0.2) is 25.1 Å². The third-order valence-electron chi connectivity index (χ3n) is 4.78. The first-order valence-corrected chi connectivity index (χ1v) is 9.18. The van der Waals surface area contributed by atoms with E-state index in [2.05, 4.69) is 5.32 Å². The summed E-state index contributed by atoms with van der Waals surface area (Å²) in [5, 5.41) is 2.79. The highest BCUT2D eigenvalue weighted by atomic mass is 16.5. The zero-order valence-corrected chi connectivity index (χ0v) is 15.3. The number of hydrogen-bond donors (Lipinski definition) is 1. The van der Waals surface area contributed by atoms with Gasteiger partial charge in [-0.1, -0.05) is 44.2 Å². The molecule has 1 fully saturated rings. The quantitative estimate of drug-likeness (QED) is 0.730. The molecule has 0 heterocycles. The fourth-order valence-corrected chi connectivity index (χ4v) is 3.18. The molecule has 0 radical (unpaired) electrons. The summed E-state index contributed by atoms with van der Waals surface area (Å²) >= 11 is 0. The molecule has 0 aliphatic heterocycles. The number of carbonyl (C=O) groups is 2. The van der Waals surface area contributed by atoms with Crippen molar-refractivity contribution in [1.82, 2.24) is 5.32 Å². The van der Waals surface area contributed by atoms with E-state index in [4.69, 9.17) is 9.47 Å². The van der Waals surface area contributed by atoms with E-state index >= 15 is 0 Å². The number of benzene rings is 1. The molecule has 1 amide bonds. The molecule has 2 rings (SSSR count). The van der Waals surface area contributed by atoms with Crippen molar-refractivity contribution in [2.24, 2.45) is 5.92 Å². The fraction of sp³-hybridized carbons (Fsp3) is 0.600. The predicted molar refractivity (Wildman–Crippen MR) is 96.2 cm³/mol. The largest absolute Gasteiger partial charge is 0.497 e. The molecule has 0 aromatic heterocycles. The third-order valence-corrected chi connectivity index (χ3v) is 4.78. The Bertz CT molecular complexity index is 549. The van der Waals surface area contributed by atoms with Crippen molar-refractivity contribution in [2.75, 3.05) is 7.11 Å². The maximum Gasteiger partial charge on any atom is 0.306 e. The van der Waals surface area contributed by atoms with Crippen molar-refractivity contribution >= 4 is 11.9 Å². The number of amides is 1. The number of ether oxygens (including phenoxy) is 2. The van der Waals surface area contributed by atoms with Crippen LogP contribution in [0, 0.1) is 5.92 Å². The van der Waals surface area contributed by atoms with Gasteiger partial charge in [-0.3, -0.25) is 9.59 Å². The van der Waals surface area contributed by atoms with E-state index in [1.54, 1.807) is 14.0 Å². The van der Waals surface area contributed by atoms with Crippen LogP contribution in [0.1, 0.15) is 57.4 Å². The van der Waals surface area contributed by atoms with Gasteiger partial charge in [0.2, 0.25) is 0 Å². The van der Waals surface area contributed by atoms with Crippen molar-refractivity contribution in [3.05, 3.63) is 29.8 Å². The SMILES string of the molecule is COc1ccc(CNC(=O)[C@H](C)OC(=O)CCC2CCCCC2)cc1. The average Bonchev–Trinajstić information content (AvgIpc) is 2.65. The zero-order valence-electron chi connectivity index (χ0n) is 15.3. The molecule has 138 valence electrons. The summed E-state index contributed by atoms with van der Waals surface area (Å²) in [6, 6.07) is 7.46. The molecule has 0 unspecified atom stereocenters. The van der Waals surface area contributed by atoms with E-state index in [0.717, 1.165) is 17.7 Å². The molecule has 1 saturated carbocycles. The molecule has 1 N–H and O–H groups in total. The third kappa shape index (κ3) is 6.77. The smallest absolute Gasteiger partial charge is 0.306 e. The highest BCUT2D eigenvalue weighted by Gasteiger charge is 2.19. The molecule has 0 saturated heterocycles. The van der Waals surface area contributed by atoms with Crippen molar-refractivity contribution in [2.45, 2.75) is 64.5 Å². The minimum Gasteiger partial charge on any atom is -0.497 e. The van der Waals surface area contributed by atoms with E-state index in [9.17, 15) is 9.59 Å². The summed E-state index contributed by atoms with van der Waals surface area (Å²) in [5.74, 6) is 0.857. The van der Waals surface area contributed by atoms with Crippen molar-refractivity contribution in [3.8, 4) is 5.75 Å². The van der Waals surface area contributed by atoms with E-state index < -0.39 is 6.10 Å². The normalized spacial score (nSPS) is 16.1. The van der Waals surface area contributed by atoms with Crippen LogP contribution in [0.15, 0.2) is 24.3 Å². The minimum absolute atomic E-state index is 0.276. The summed E-state index contributed by atoms with van der Waals surface area (Å²) in [6.07, 6.45) is 6.79. The van der Waals surface area contributed by atoms with Crippen LogP contribution in [0.5, 0.6) is 5.75 Å². The van der Waals surface area contributed by atoms with Crippen LogP contribution in [0.3, 0.4) is 0 Å². The summed E-state index contributed by atoms with van der Waals surface area (Å²) in [4.78, 5) is 24.0. The molecular weight excluding hydrogens is 318 g/mol. The van der Waals surface area contributed by atoms with Gasteiger partial charge in [0.1, 0.15) is 5.75 Å². The van der Waals surface area contributed by atoms with E-state index in [1.165, 1.54) is 32.1 Å². The first-order valence-electron chi connectivity index (χ1n) is 9.18. The Morgan fingerprint density at radius 3 is 2.48 bits per heavy atom. The summed E-state index contributed by atoms with van der Waals surface area (Å²) in [6.45, 7) is 2.01. The Kier molecular flexibility index (Phi) is 7.76. The maximum atomic E-state index is 12.1. The molecule has 1 atom stereocenters. The van der Waals surface area contributed by atoms with Gasteiger partial charge in [0.25, 0.3) is 5.91 Å². The molecular formula is C20H29NO4. The molecule has 1 aliphatic rings. The summed E-state index contributed by atoms with van der Waals surface area (Å²) < 4.78 is 10.4. The number of methoxy groups -OCH3 is 1. The number of rotatable bonds is 8. The van der Waals surface area contributed by atoms with Crippen LogP contribution < -0.4 is 10.1 Å². The van der Waals surface area contributed by atoms with Gasteiger partial charge in [0.05, 0.1) is 7.11 Å². The number of hydrogen-bond acceptors (Lipinski definition) is 4. The first kappa shape index (κ1) is 19.3. The van der Waals surface area contributed by atoms with Gasteiger partial charge in [-0.2, -0.15) is 0 Å². The summed E-state index contributed by atoms with van der Waals surface area (Å²) in [5.41, 5.74) is 0.963. The maximum absolute atomic E-state index is 12.1. The molecule has 0 bridgehead atoms. The first-order chi connectivity index (χ1) is 12.1. The van der Waals surface area contributed by atoms with Gasteiger partial charge in [-0.15, -0.1) is 0 Å². The lowest BCUT2D eigenvalue weighted by atomic mass is 9.86. The summed E-state index contributed by atoms with van der Waals surface area (Å²) in [7, 11) is 1.61. The van der Waals surface area contributed by atoms with Crippen molar-refractivity contribution in [1.29, 1.82) is 0 Å². The lowest BCUT2D eigenvalue weighted by molar-refractivity contribution is -0.155. The topological polar surface area (TPSA) is 64.6 Å². The molecule has 1 aromatic rings. The zero-order chi connectivity index (χ0) is 18.1. The minimum atomic E-state index is -0.767. The van der Waals surface area contributed by atoms with Gasteiger partial charge in [0, 0.05) is 13.0 Å². The Balaban J connectivity index is 1.66. The Morgan fingerprint density at radius 1 is 1.16 bits per heavy atom. The fourth-order valence-electron chi connectivity index (χ4n) is 3.18. The van der Waals surface area contributed by atoms with Crippen molar-refractivity contribution in [3.63, 3.8) is 0 Å². The van der Waals surface area contributed by atoms with E-state index in [0.29, 0.717) is 18.9 Å². The van der Waals surface area contributed by atoms with Crippen LogP contribution in [-0.2, 0) is 20.9 Å². The van der Waals surface area contributed by atoms with Crippen LogP contribution in [0.2, 0.25) is 0 Å². The highest BCUT2D eigenvalue weighted by Crippen LogP contribution is 2.27. The standard InChI is InChI=1S/C20H29NO4/c1-15(25-19(22)13-10-16-6-4-3-5-7-16)20(23)21-14-17-8-11-18(24-2)12-9-17/h8-9,11-12,15-16H,3-7,10,13-14H2,1-2H3,(H,21,23)/t15-/m0/s1. The number of nitrogens with one attached hydrogen (secondary N) is 1. The second kappa shape index (κ2) is 10.1. The van der Waals surface area contributed by atoms with Gasteiger partial charge < -0.3 is 14.8 Å². The second-order valence-corrected chi connectivity index (χ2v) is 6.74. The average molecular weight is 347 g/mol. The molecule has 1 aromatic carbocycles. The molecule has 0 spiro atoms.